The number of halogens is 3. The molecule has 156 valence electrons. The number of piperidine rings is 1. The number of fused-ring (bicyclic) bond motifs is 3. The minimum absolute atomic E-state index is 0.0617. The molecule has 1 fully saturated rings. The molecule has 7 nitrogen and oxygen atoms in total. The van der Waals surface area contributed by atoms with Crippen LogP contribution in [0.3, 0.4) is 0 Å². The highest BCUT2D eigenvalue weighted by molar-refractivity contribution is 6.08. The van der Waals surface area contributed by atoms with Crippen molar-refractivity contribution in [2.75, 3.05) is 23.7 Å². The van der Waals surface area contributed by atoms with E-state index in [9.17, 15) is 18.0 Å². The number of hydrogen-bond donors (Lipinski definition) is 4. The van der Waals surface area contributed by atoms with Gasteiger partial charge in [-0.25, -0.2) is 9.97 Å². The summed E-state index contributed by atoms with van der Waals surface area (Å²) < 4.78 is 41.2. The minimum Gasteiger partial charge on any atom is -0.360 e. The van der Waals surface area contributed by atoms with Gasteiger partial charge in [0.15, 0.2) is 0 Å². The molecular weight excluding hydrogens is 397 g/mol. The van der Waals surface area contributed by atoms with Crippen LogP contribution in [0.4, 0.5) is 24.8 Å². The highest BCUT2D eigenvalue weighted by Crippen LogP contribution is 2.40. The van der Waals surface area contributed by atoms with Gasteiger partial charge in [-0.15, -0.1) is 0 Å². The number of carbonyl (C=O) groups is 1. The molecule has 1 aromatic carbocycles. The van der Waals surface area contributed by atoms with E-state index in [0.29, 0.717) is 28.7 Å². The van der Waals surface area contributed by atoms with Crippen LogP contribution in [0, 0.1) is 0 Å². The fourth-order valence-electron chi connectivity index (χ4n) is 4.13. The van der Waals surface area contributed by atoms with Crippen molar-refractivity contribution in [3.8, 4) is 11.3 Å². The normalized spacial score (nSPS) is 19.0. The topological polar surface area (TPSA) is 94.7 Å². The van der Waals surface area contributed by atoms with E-state index in [2.05, 4.69) is 30.9 Å². The second kappa shape index (κ2) is 6.98. The molecule has 0 radical (unpaired) electrons. The zero-order valence-corrected chi connectivity index (χ0v) is 15.9. The molecule has 2 aliphatic heterocycles. The summed E-state index contributed by atoms with van der Waals surface area (Å²) in [4.78, 5) is 23.0. The quantitative estimate of drug-likeness (QED) is 0.526. The Bertz CT molecular complexity index is 1130. The Morgan fingerprint density at radius 2 is 2.10 bits per heavy atom. The van der Waals surface area contributed by atoms with Crippen molar-refractivity contribution < 1.29 is 18.0 Å². The number of H-pyrrole nitrogens is 1. The fraction of sp³-hybridized carbons (Fsp3) is 0.350. The highest BCUT2D eigenvalue weighted by atomic mass is 19.4. The fourth-order valence-corrected chi connectivity index (χ4v) is 4.13. The average molecular weight is 416 g/mol. The van der Waals surface area contributed by atoms with Crippen LogP contribution in [0.15, 0.2) is 24.5 Å². The number of aromatic nitrogens is 3. The smallest absolute Gasteiger partial charge is 0.360 e. The van der Waals surface area contributed by atoms with E-state index in [-0.39, 0.29) is 30.0 Å². The largest absolute Gasteiger partial charge is 0.419 e. The summed E-state index contributed by atoms with van der Waals surface area (Å²) in [6.07, 6.45) is -0.198. The van der Waals surface area contributed by atoms with Gasteiger partial charge < -0.3 is 20.9 Å². The first-order chi connectivity index (χ1) is 14.4. The maximum Gasteiger partial charge on any atom is 0.419 e. The summed E-state index contributed by atoms with van der Waals surface area (Å²) in [5, 5.41) is 9.72. The molecule has 5 rings (SSSR count). The van der Waals surface area contributed by atoms with Crippen LogP contribution in [0.25, 0.3) is 22.2 Å². The lowest BCUT2D eigenvalue weighted by Gasteiger charge is -2.24. The number of rotatable bonds is 3. The van der Waals surface area contributed by atoms with E-state index < -0.39 is 11.7 Å². The number of anilines is 2. The number of alkyl halides is 3. The van der Waals surface area contributed by atoms with Crippen LogP contribution in [-0.4, -0.2) is 40.0 Å². The Balaban J connectivity index is 1.61. The van der Waals surface area contributed by atoms with E-state index in [1.807, 2.05) is 0 Å². The molecule has 1 saturated heterocycles. The van der Waals surface area contributed by atoms with Crippen molar-refractivity contribution in [2.45, 2.75) is 31.5 Å². The molecule has 0 bridgehead atoms. The minimum atomic E-state index is -4.60. The van der Waals surface area contributed by atoms with E-state index in [1.165, 1.54) is 6.20 Å². The predicted octanol–water partition coefficient (Wildman–Crippen LogP) is 3.30. The number of nitrogens with one attached hydrogen (secondary N) is 4. The summed E-state index contributed by atoms with van der Waals surface area (Å²) in [6, 6.07) is 3.47. The standard InChI is InChI=1S/C20H19F3N6O/c21-20(22,23)14-9-26-19(27-10-2-1-5-24-7-10)29-18(14)13-8-25-17-11(13)3-4-15-12(17)6-16(30)28-15/h3-4,8-10,24-25H,1-2,5-7H2,(H,28,30)(H,26,27,29)/t10-/m0/s1. The lowest BCUT2D eigenvalue weighted by molar-refractivity contribution is -0.137. The molecule has 2 aromatic heterocycles. The predicted molar refractivity (Wildman–Crippen MR) is 106 cm³/mol. The first-order valence-corrected chi connectivity index (χ1v) is 9.75. The van der Waals surface area contributed by atoms with Crippen LogP contribution in [0.1, 0.15) is 24.0 Å². The van der Waals surface area contributed by atoms with Crippen LogP contribution < -0.4 is 16.0 Å². The monoisotopic (exact) mass is 416 g/mol. The maximum atomic E-state index is 13.7. The summed E-state index contributed by atoms with van der Waals surface area (Å²) in [5.74, 6) is 0.0262. The summed E-state index contributed by atoms with van der Waals surface area (Å²) >= 11 is 0. The van der Waals surface area contributed by atoms with Gasteiger partial charge in [0.25, 0.3) is 0 Å². The zero-order valence-electron chi connectivity index (χ0n) is 15.9. The van der Waals surface area contributed by atoms with Crippen molar-refractivity contribution in [1.29, 1.82) is 0 Å². The molecule has 0 spiro atoms. The number of amides is 1. The first kappa shape index (κ1) is 18.9. The maximum absolute atomic E-state index is 13.7. The molecule has 4 heterocycles. The van der Waals surface area contributed by atoms with Gasteiger partial charge in [-0.1, -0.05) is 6.07 Å². The highest BCUT2D eigenvalue weighted by Gasteiger charge is 2.36. The average Bonchev–Trinajstić information content (AvgIpc) is 3.30. The van der Waals surface area contributed by atoms with E-state index in [4.69, 9.17) is 0 Å². The van der Waals surface area contributed by atoms with Crippen molar-refractivity contribution in [3.63, 3.8) is 0 Å². The van der Waals surface area contributed by atoms with Crippen molar-refractivity contribution in [1.82, 2.24) is 20.3 Å². The molecule has 0 saturated carbocycles. The van der Waals surface area contributed by atoms with Gasteiger partial charge in [-0.3, -0.25) is 4.79 Å². The Morgan fingerprint density at radius 1 is 1.23 bits per heavy atom. The number of nitrogens with zero attached hydrogens (tertiary/aromatic N) is 2. The Morgan fingerprint density at radius 3 is 2.87 bits per heavy atom. The molecule has 1 atom stereocenters. The Labute approximate surface area is 169 Å². The molecular formula is C20H19F3N6O. The van der Waals surface area contributed by atoms with Crippen molar-refractivity contribution in [2.24, 2.45) is 0 Å². The third kappa shape index (κ3) is 3.26. The van der Waals surface area contributed by atoms with Gasteiger partial charge in [-0.2, -0.15) is 13.2 Å². The summed E-state index contributed by atoms with van der Waals surface area (Å²) in [7, 11) is 0. The number of benzene rings is 1. The Hall–Kier alpha value is -3.14. The summed E-state index contributed by atoms with van der Waals surface area (Å²) in [5.41, 5.74) is 1.30. The van der Waals surface area contributed by atoms with Crippen molar-refractivity contribution >= 4 is 28.4 Å². The number of aromatic amines is 1. The van der Waals surface area contributed by atoms with Gasteiger partial charge >= 0.3 is 6.18 Å². The summed E-state index contributed by atoms with van der Waals surface area (Å²) in [6.45, 7) is 1.63. The van der Waals surface area contributed by atoms with E-state index >= 15 is 0 Å². The van der Waals surface area contributed by atoms with E-state index in [1.54, 1.807) is 12.1 Å². The van der Waals surface area contributed by atoms with Gasteiger partial charge in [0.2, 0.25) is 11.9 Å². The molecule has 3 aromatic rings. The number of carbonyl (C=O) groups excluding carboxylic acids is 1. The lowest BCUT2D eigenvalue weighted by Crippen LogP contribution is -2.38. The molecule has 0 aliphatic carbocycles. The van der Waals surface area contributed by atoms with Crippen molar-refractivity contribution in [3.05, 3.63) is 35.7 Å². The second-order valence-electron chi connectivity index (χ2n) is 7.58. The van der Waals surface area contributed by atoms with Gasteiger partial charge in [0.05, 0.1) is 17.6 Å². The molecule has 30 heavy (non-hydrogen) atoms. The third-order valence-corrected chi connectivity index (χ3v) is 5.55. The van der Waals surface area contributed by atoms with Crippen LogP contribution in [-0.2, 0) is 17.4 Å². The molecule has 0 unspecified atom stereocenters. The molecule has 2 aliphatic rings. The van der Waals surface area contributed by atoms with E-state index in [0.717, 1.165) is 31.1 Å². The third-order valence-electron chi connectivity index (χ3n) is 5.55. The molecule has 1 amide bonds. The zero-order chi connectivity index (χ0) is 20.9. The second-order valence-corrected chi connectivity index (χ2v) is 7.58. The number of hydrogen-bond acceptors (Lipinski definition) is 5. The van der Waals surface area contributed by atoms with Gasteiger partial charge in [0.1, 0.15) is 5.56 Å². The lowest BCUT2D eigenvalue weighted by atomic mass is 10.0. The SMILES string of the molecule is O=C1Cc2c(ccc3c(-c4nc(N[C@H]5CCCNC5)ncc4C(F)(F)F)c[nH]c23)N1. The Kier molecular flexibility index (Phi) is 4.39. The van der Waals surface area contributed by atoms with Gasteiger partial charge in [0, 0.05) is 47.2 Å². The molecule has 4 N–H and O–H groups in total. The molecule has 10 heteroatoms. The van der Waals surface area contributed by atoms with Crippen LogP contribution >= 0.6 is 0 Å². The van der Waals surface area contributed by atoms with Crippen LogP contribution in [0.2, 0.25) is 0 Å². The first-order valence-electron chi connectivity index (χ1n) is 9.75. The van der Waals surface area contributed by atoms with Gasteiger partial charge in [-0.05, 0) is 25.5 Å². The van der Waals surface area contributed by atoms with Crippen LogP contribution in [0.5, 0.6) is 0 Å².